The van der Waals surface area contributed by atoms with Crippen LogP contribution in [0, 0.1) is 50.7 Å². The Morgan fingerprint density at radius 1 is 1.03 bits per heavy atom. The SMILES string of the molecule is Cc1cc(C)c(C)c(S(=O)(=O)N2CCC(C(=O)Nc3cccc([N+](=O)[O-])c3C)CC2)c1C. The fourth-order valence-corrected chi connectivity index (χ4v) is 6.29. The Hall–Kier alpha value is -2.78. The van der Waals surface area contributed by atoms with Gasteiger partial charge < -0.3 is 5.32 Å². The van der Waals surface area contributed by atoms with E-state index in [2.05, 4.69) is 5.32 Å². The summed E-state index contributed by atoms with van der Waals surface area (Å²) in [6, 6.07) is 6.55. The first-order valence-corrected chi connectivity index (χ1v) is 12.0. The molecule has 1 aliphatic heterocycles. The highest BCUT2D eigenvalue weighted by Gasteiger charge is 2.34. The van der Waals surface area contributed by atoms with Gasteiger partial charge in [-0.3, -0.25) is 14.9 Å². The largest absolute Gasteiger partial charge is 0.325 e. The zero-order valence-corrected chi connectivity index (χ0v) is 19.9. The van der Waals surface area contributed by atoms with Gasteiger partial charge in [0.15, 0.2) is 0 Å². The fourth-order valence-electron chi connectivity index (χ4n) is 4.25. The summed E-state index contributed by atoms with van der Waals surface area (Å²) in [4.78, 5) is 23.8. The Morgan fingerprint density at radius 3 is 2.12 bits per heavy atom. The third kappa shape index (κ3) is 4.40. The zero-order chi connectivity index (χ0) is 23.8. The van der Waals surface area contributed by atoms with E-state index in [1.165, 1.54) is 16.4 Å². The van der Waals surface area contributed by atoms with Gasteiger partial charge >= 0.3 is 0 Å². The number of carbonyl (C=O) groups is 1. The summed E-state index contributed by atoms with van der Waals surface area (Å²) in [6.45, 7) is 9.57. The van der Waals surface area contributed by atoms with E-state index < -0.39 is 14.9 Å². The maximum absolute atomic E-state index is 13.4. The van der Waals surface area contributed by atoms with Gasteiger partial charge in [0.25, 0.3) is 5.69 Å². The number of anilines is 1. The van der Waals surface area contributed by atoms with Gasteiger partial charge in [0.2, 0.25) is 15.9 Å². The van der Waals surface area contributed by atoms with Crippen LogP contribution in [0.4, 0.5) is 11.4 Å². The van der Waals surface area contributed by atoms with Crippen LogP contribution in [0.15, 0.2) is 29.2 Å². The first-order chi connectivity index (χ1) is 14.9. The molecular formula is C23H29N3O5S. The van der Waals surface area contributed by atoms with Gasteiger partial charge in [0, 0.05) is 25.1 Å². The lowest BCUT2D eigenvalue weighted by Crippen LogP contribution is -2.42. The fraction of sp³-hybridized carbons (Fsp3) is 0.435. The lowest BCUT2D eigenvalue weighted by molar-refractivity contribution is -0.385. The average molecular weight is 460 g/mol. The lowest BCUT2D eigenvalue weighted by atomic mass is 9.97. The molecule has 0 radical (unpaired) electrons. The minimum absolute atomic E-state index is 0.0529. The molecule has 172 valence electrons. The van der Waals surface area contributed by atoms with E-state index in [1.807, 2.05) is 33.8 Å². The van der Waals surface area contributed by atoms with E-state index in [0.717, 1.165) is 22.3 Å². The van der Waals surface area contributed by atoms with E-state index >= 15 is 0 Å². The summed E-state index contributed by atoms with van der Waals surface area (Å²) in [6.07, 6.45) is 0.782. The molecule has 3 rings (SSSR count). The van der Waals surface area contributed by atoms with Gasteiger partial charge in [-0.15, -0.1) is 0 Å². The molecule has 0 spiro atoms. The van der Waals surface area contributed by atoms with Gasteiger partial charge in [-0.25, -0.2) is 8.42 Å². The molecule has 9 heteroatoms. The minimum Gasteiger partial charge on any atom is -0.325 e. The number of amides is 1. The van der Waals surface area contributed by atoms with Crippen LogP contribution in [-0.2, 0) is 14.8 Å². The second-order valence-corrected chi connectivity index (χ2v) is 10.3. The number of benzene rings is 2. The van der Waals surface area contributed by atoms with E-state index in [-0.39, 0.29) is 30.6 Å². The van der Waals surface area contributed by atoms with Crippen molar-refractivity contribution in [3.05, 3.63) is 62.2 Å². The van der Waals surface area contributed by atoms with Gasteiger partial charge in [-0.1, -0.05) is 12.1 Å². The molecule has 1 fully saturated rings. The van der Waals surface area contributed by atoms with E-state index in [0.29, 0.717) is 29.0 Å². The summed E-state index contributed by atoms with van der Waals surface area (Å²) >= 11 is 0. The maximum Gasteiger partial charge on any atom is 0.274 e. The van der Waals surface area contributed by atoms with E-state index in [1.54, 1.807) is 13.0 Å². The van der Waals surface area contributed by atoms with Crippen LogP contribution < -0.4 is 5.32 Å². The van der Waals surface area contributed by atoms with Crippen LogP contribution in [0.3, 0.4) is 0 Å². The Labute approximate surface area is 188 Å². The molecule has 2 aromatic carbocycles. The zero-order valence-electron chi connectivity index (χ0n) is 19.1. The smallest absolute Gasteiger partial charge is 0.274 e. The van der Waals surface area contributed by atoms with Crippen LogP contribution in [0.1, 0.15) is 40.7 Å². The number of carbonyl (C=O) groups excluding carboxylic acids is 1. The molecule has 0 aliphatic carbocycles. The third-order valence-electron chi connectivity index (χ3n) is 6.48. The highest BCUT2D eigenvalue weighted by atomic mass is 32.2. The lowest BCUT2D eigenvalue weighted by Gasteiger charge is -2.32. The quantitative estimate of drug-likeness (QED) is 0.533. The maximum atomic E-state index is 13.4. The molecule has 1 N–H and O–H groups in total. The number of nitro benzene ring substituents is 1. The van der Waals surface area contributed by atoms with Crippen LogP contribution in [0.2, 0.25) is 0 Å². The second kappa shape index (κ2) is 8.99. The molecule has 1 amide bonds. The third-order valence-corrected chi connectivity index (χ3v) is 8.65. The average Bonchev–Trinajstić information content (AvgIpc) is 2.73. The highest BCUT2D eigenvalue weighted by Crippen LogP contribution is 2.32. The summed E-state index contributed by atoms with van der Waals surface area (Å²) in [5.41, 5.74) is 4.14. The normalized spacial score (nSPS) is 15.5. The van der Waals surface area contributed by atoms with E-state index in [4.69, 9.17) is 0 Å². The van der Waals surface area contributed by atoms with Crippen molar-refractivity contribution in [2.75, 3.05) is 18.4 Å². The Morgan fingerprint density at radius 2 is 1.59 bits per heavy atom. The van der Waals surface area contributed by atoms with Crippen molar-refractivity contribution in [1.82, 2.24) is 4.31 Å². The van der Waals surface area contributed by atoms with Gasteiger partial charge in [-0.05, 0) is 75.8 Å². The molecule has 8 nitrogen and oxygen atoms in total. The summed E-state index contributed by atoms with van der Waals surface area (Å²) in [5, 5.41) is 13.9. The second-order valence-electron chi connectivity index (χ2n) is 8.46. The number of rotatable bonds is 5. The number of nitrogens with one attached hydrogen (secondary N) is 1. The molecule has 0 saturated carbocycles. The predicted octanol–water partition coefficient (Wildman–Crippen LogP) is 4.18. The number of aryl methyl sites for hydroxylation is 2. The Bertz CT molecular complexity index is 1160. The van der Waals surface area contributed by atoms with Gasteiger partial charge in [0.05, 0.1) is 21.1 Å². The number of nitrogens with zero attached hydrogens (tertiary/aromatic N) is 2. The van der Waals surface area contributed by atoms with Crippen LogP contribution in [0.5, 0.6) is 0 Å². The molecule has 1 heterocycles. The highest BCUT2D eigenvalue weighted by molar-refractivity contribution is 7.89. The number of hydrogen-bond donors (Lipinski definition) is 1. The monoisotopic (exact) mass is 459 g/mol. The van der Waals surface area contributed by atoms with Crippen LogP contribution >= 0.6 is 0 Å². The van der Waals surface area contributed by atoms with Gasteiger partial charge in [-0.2, -0.15) is 4.31 Å². The van der Waals surface area contributed by atoms with Crippen LogP contribution in [-0.4, -0.2) is 36.6 Å². The van der Waals surface area contributed by atoms with Crippen molar-refractivity contribution in [3.8, 4) is 0 Å². The summed E-state index contributed by atoms with van der Waals surface area (Å²) < 4.78 is 28.3. The van der Waals surface area contributed by atoms with E-state index in [9.17, 15) is 23.3 Å². The van der Waals surface area contributed by atoms with Crippen molar-refractivity contribution in [2.24, 2.45) is 5.92 Å². The topological polar surface area (TPSA) is 110 Å². The molecule has 0 atom stereocenters. The minimum atomic E-state index is -3.67. The first kappa shape index (κ1) is 23.9. The molecule has 1 aliphatic rings. The van der Waals surface area contributed by atoms with Gasteiger partial charge in [0.1, 0.15) is 0 Å². The summed E-state index contributed by atoms with van der Waals surface area (Å²) in [7, 11) is -3.67. The Kier molecular flexibility index (Phi) is 6.71. The molecule has 2 aromatic rings. The Balaban J connectivity index is 1.74. The molecule has 0 unspecified atom stereocenters. The molecule has 32 heavy (non-hydrogen) atoms. The van der Waals surface area contributed by atoms with Crippen LogP contribution in [0.25, 0.3) is 0 Å². The molecule has 0 aromatic heterocycles. The van der Waals surface area contributed by atoms with Crippen molar-refractivity contribution >= 4 is 27.3 Å². The van der Waals surface area contributed by atoms with Crippen molar-refractivity contribution in [1.29, 1.82) is 0 Å². The predicted molar refractivity (Wildman–Crippen MR) is 123 cm³/mol. The number of hydrogen-bond acceptors (Lipinski definition) is 5. The molecule has 1 saturated heterocycles. The number of piperidine rings is 1. The van der Waals surface area contributed by atoms with Crippen molar-refractivity contribution in [2.45, 2.75) is 52.4 Å². The standard InChI is InChI=1S/C23H29N3O5S/c1-14-13-15(2)17(4)22(16(14)3)32(30,31)25-11-9-19(10-12-25)23(27)24-20-7-6-8-21(18(20)5)26(28)29/h6-8,13,19H,9-12H2,1-5H3,(H,24,27). The molecule has 0 bridgehead atoms. The van der Waals surface area contributed by atoms with Crippen molar-refractivity contribution in [3.63, 3.8) is 0 Å². The summed E-state index contributed by atoms with van der Waals surface area (Å²) in [5.74, 6) is -0.606. The first-order valence-electron chi connectivity index (χ1n) is 10.6. The number of sulfonamides is 1. The molecular weight excluding hydrogens is 430 g/mol. The number of nitro groups is 1. The van der Waals surface area contributed by atoms with Crippen molar-refractivity contribution < 1.29 is 18.1 Å².